The summed E-state index contributed by atoms with van der Waals surface area (Å²) in [6, 6.07) is 10.0. The maximum atomic E-state index is 12.6. The van der Waals surface area contributed by atoms with Crippen LogP contribution >= 0.6 is 0 Å². The zero-order valence-corrected chi connectivity index (χ0v) is 14.6. The molecule has 128 valence electrons. The number of hydrogen-bond donors (Lipinski definition) is 1. The Kier molecular flexibility index (Phi) is 4.71. The van der Waals surface area contributed by atoms with Crippen molar-refractivity contribution in [2.24, 2.45) is 5.41 Å². The lowest BCUT2D eigenvalue weighted by Gasteiger charge is -2.39. The number of methoxy groups -OCH3 is 1. The van der Waals surface area contributed by atoms with Crippen LogP contribution in [0.15, 0.2) is 30.3 Å². The van der Waals surface area contributed by atoms with Crippen molar-refractivity contribution in [3.8, 4) is 0 Å². The van der Waals surface area contributed by atoms with E-state index in [-0.39, 0.29) is 11.3 Å². The van der Waals surface area contributed by atoms with E-state index >= 15 is 0 Å². The Morgan fingerprint density at radius 2 is 2.12 bits per heavy atom. The van der Waals surface area contributed by atoms with Crippen LogP contribution in [0, 0.1) is 19.3 Å². The Morgan fingerprint density at radius 3 is 2.71 bits per heavy atom. The smallest absolute Gasteiger partial charge is 0.232 e. The number of hydrogen-bond acceptors (Lipinski definition) is 3. The van der Waals surface area contributed by atoms with Gasteiger partial charge in [-0.15, -0.1) is 0 Å². The molecule has 0 radical (unpaired) electrons. The highest BCUT2D eigenvalue weighted by atomic mass is 16.5. The van der Waals surface area contributed by atoms with Gasteiger partial charge in [0.15, 0.2) is 0 Å². The first-order valence-corrected chi connectivity index (χ1v) is 8.43. The summed E-state index contributed by atoms with van der Waals surface area (Å²) in [5.74, 6) is 0.0684. The minimum absolute atomic E-state index is 0.0684. The van der Waals surface area contributed by atoms with Gasteiger partial charge in [0, 0.05) is 18.5 Å². The van der Waals surface area contributed by atoms with Crippen molar-refractivity contribution in [1.29, 1.82) is 0 Å². The van der Waals surface area contributed by atoms with E-state index in [1.54, 1.807) is 7.11 Å². The molecular formula is C19H25N3O2. The zero-order valence-electron chi connectivity index (χ0n) is 14.6. The van der Waals surface area contributed by atoms with Crippen LogP contribution in [0.1, 0.15) is 36.2 Å². The van der Waals surface area contributed by atoms with Gasteiger partial charge in [-0.25, -0.2) is 0 Å². The molecule has 1 heterocycles. The zero-order chi connectivity index (χ0) is 17.2. The van der Waals surface area contributed by atoms with E-state index in [2.05, 4.69) is 29.5 Å². The van der Waals surface area contributed by atoms with Gasteiger partial charge in [0.2, 0.25) is 5.91 Å². The first-order valence-electron chi connectivity index (χ1n) is 8.43. The molecule has 0 spiro atoms. The lowest BCUT2D eigenvalue weighted by molar-refractivity contribution is -0.134. The van der Waals surface area contributed by atoms with Gasteiger partial charge in [-0.3, -0.25) is 9.48 Å². The summed E-state index contributed by atoms with van der Waals surface area (Å²) in [5.41, 5.74) is 3.76. The molecule has 1 saturated carbocycles. The number of ether oxygens (including phenoxy) is 1. The van der Waals surface area contributed by atoms with Crippen molar-refractivity contribution in [2.45, 2.75) is 39.7 Å². The number of nitrogens with one attached hydrogen (secondary N) is 1. The first kappa shape index (κ1) is 16.7. The molecule has 1 aromatic heterocycles. The van der Waals surface area contributed by atoms with Gasteiger partial charge in [0.05, 0.1) is 24.3 Å². The third-order valence-electron chi connectivity index (χ3n) is 4.83. The molecule has 1 aliphatic carbocycles. The molecule has 0 unspecified atom stereocenters. The highest BCUT2D eigenvalue weighted by Gasteiger charge is 2.44. The largest absolute Gasteiger partial charge is 0.384 e. The van der Waals surface area contributed by atoms with Crippen LogP contribution in [-0.2, 0) is 16.1 Å². The molecule has 1 N–H and O–H groups in total. The molecule has 1 amide bonds. The highest BCUT2D eigenvalue weighted by molar-refractivity contribution is 5.96. The molecular weight excluding hydrogens is 302 g/mol. The van der Waals surface area contributed by atoms with Gasteiger partial charge in [0.25, 0.3) is 0 Å². The maximum absolute atomic E-state index is 12.6. The predicted molar refractivity (Wildman–Crippen MR) is 94.0 cm³/mol. The molecule has 2 aromatic rings. The van der Waals surface area contributed by atoms with E-state index in [4.69, 9.17) is 4.74 Å². The molecule has 0 saturated heterocycles. The summed E-state index contributed by atoms with van der Waals surface area (Å²) in [6.45, 7) is 5.24. The monoisotopic (exact) mass is 327 g/mol. The quantitative estimate of drug-likeness (QED) is 0.885. The number of anilines is 1. The molecule has 5 nitrogen and oxygen atoms in total. The minimum atomic E-state index is -0.347. The van der Waals surface area contributed by atoms with Gasteiger partial charge in [-0.1, -0.05) is 18.6 Å². The molecule has 1 aliphatic rings. The van der Waals surface area contributed by atoms with Gasteiger partial charge in [0.1, 0.15) is 0 Å². The number of aromatic nitrogens is 2. The number of carbonyl (C=O) groups excluding carboxylic acids is 1. The SMILES string of the molecule is COCC1(C(=O)Nc2cccc(Cn3nc(C)cc3C)c2)CCC1. The fourth-order valence-corrected chi connectivity index (χ4v) is 3.34. The average Bonchev–Trinajstić information content (AvgIpc) is 2.81. The van der Waals surface area contributed by atoms with Crippen LogP contribution < -0.4 is 5.32 Å². The van der Waals surface area contributed by atoms with E-state index < -0.39 is 0 Å². The van der Waals surface area contributed by atoms with Gasteiger partial charge in [-0.05, 0) is 50.5 Å². The number of rotatable bonds is 6. The number of amides is 1. The van der Waals surface area contributed by atoms with E-state index in [9.17, 15) is 4.79 Å². The van der Waals surface area contributed by atoms with Crippen molar-refractivity contribution in [2.75, 3.05) is 19.0 Å². The summed E-state index contributed by atoms with van der Waals surface area (Å²) in [6.07, 6.45) is 2.89. The van der Waals surface area contributed by atoms with E-state index in [1.165, 1.54) is 0 Å². The predicted octanol–water partition coefficient (Wildman–Crippen LogP) is 3.30. The Hall–Kier alpha value is -2.14. The second-order valence-corrected chi connectivity index (χ2v) is 6.81. The Labute approximate surface area is 143 Å². The third kappa shape index (κ3) is 3.36. The van der Waals surface area contributed by atoms with Crippen LogP contribution in [0.5, 0.6) is 0 Å². The van der Waals surface area contributed by atoms with Crippen LogP contribution in [0.3, 0.4) is 0 Å². The highest BCUT2D eigenvalue weighted by Crippen LogP contribution is 2.42. The van der Waals surface area contributed by atoms with Gasteiger partial charge >= 0.3 is 0 Å². The topological polar surface area (TPSA) is 56.1 Å². The van der Waals surface area contributed by atoms with Crippen molar-refractivity contribution in [3.05, 3.63) is 47.3 Å². The summed E-state index contributed by atoms with van der Waals surface area (Å²) in [5, 5.41) is 7.56. The Morgan fingerprint density at radius 1 is 1.33 bits per heavy atom. The molecule has 24 heavy (non-hydrogen) atoms. The molecule has 5 heteroatoms. The summed E-state index contributed by atoms with van der Waals surface area (Å²) in [7, 11) is 1.66. The Balaban J connectivity index is 1.71. The van der Waals surface area contributed by atoms with Crippen LogP contribution in [-0.4, -0.2) is 29.4 Å². The number of aryl methyl sites for hydroxylation is 2. The number of benzene rings is 1. The molecule has 0 atom stereocenters. The van der Waals surface area contributed by atoms with E-state index in [1.807, 2.05) is 29.8 Å². The molecule has 1 fully saturated rings. The van der Waals surface area contributed by atoms with E-state index in [0.717, 1.165) is 41.9 Å². The van der Waals surface area contributed by atoms with Crippen molar-refractivity contribution in [1.82, 2.24) is 9.78 Å². The van der Waals surface area contributed by atoms with Crippen molar-refractivity contribution in [3.63, 3.8) is 0 Å². The normalized spacial score (nSPS) is 15.8. The summed E-state index contributed by atoms with van der Waals surface area (Å²) in [4.78, 5) is 12.6. The second-order valence-electron chi connectivity index (χ2n) is 6.81. The van der Waals surface area contributed by atoms with E-state index in [0.29, 0.717) is 13.2 Å². The average molecular weight is 327 g/mol. The number of carbonyl (C=O) groups is 1. The standard InChI is InChI=1S/C19H25N3O2/c1-14-10-15(2)22(21-14)12-16-6-4-7-17(11-16)20-18(23)19(13-24-3)8-5-9-19/h4,6-7,10-11H,5,8-9,12-13H2,1-3H3,(H,20,23). The fourth-order valence-electron chi connectivity index (χ4n) is 3.34. The van der Waals surface area contributed by atoms with Crippen LogP contribution in [0.2, 0.25) is 0 Å². The van der Waals surface area contributed by atoms with Crippen molar-refractivity contribution >= 4 is 11.6 Å². The molecule has 1 aromatic carbocycles. The second kappa shape index (κ2) is 6.77. The minimum Gasteiger partial charge on any atom is -0.384 e. The third-order valence-corrected chi connectivity index (χ3v) is 4.83. The molecule has 0 aliphatic heterocycles. The Bertz CT molecular complexity index is 732. The van der Waals surface area contributed by atoms with Gasteiger partial charge < -0.3 is 10.1 Å². The van der Waals surface area contributed by atoms with Gasteiger partial charge in [-0.2, -0.15) is 5.10 Å². The lowest BCUT2D eigenvalue weighted by Crippen LogP contribution is -2.45. The first-order chi connectivity index (χ1) is 11.5. The fraction of sp³-hybridized carbons (Fsp3) is 0.474. The molecule has 0 bridgehead atoms. The number of nitrogens with zero attached hydrogens (tertiary/aromatic N) is 2. The summed E-state index contributed by atoms with van der Waals surface area (Å²) >= 11 is 0. The van der Waals surface area contributed by atoms with Crippen LogP contribution in [0.4, 0.5) is 5.69 Å². The lowest BCUT2D eigenvalue weighted by atomic mass is 9.68. The van der Waals surface area contributed by atoms with Crippen molar-refractivity contribution < 1.29 is 9.53 Å². The van der Waals surface area contributed by atoms with Crippen LogP contribution in [0.25, 0.3) is 0 Å². The summed E-state index contributed by atoms with van der Waals surface area (Å²) < 4.78 is 7.23. The maximum Gasteiger partial charge on any atom is 0.232 e. The molecule has 3 rings (SSSR count).